The predicted molar refractivity (Wildman–Crippen MR) is 69.7 cm³/mol. The predicted octanol–water partition coefficient (Wildman–Crippen LogP) is 3.62. The summed E-state index contributed by atoms with van der Waals surface area (Å²) in [5.74, 6) is 1.16. The summed E-state index contributed by atoms with van der Waals surface area (Å²) in [6.45, 7) is 3.79. The Kier molecular flexibility index (Phi) is 5.96. The lowest BCUT2D eigenvalue weighted by Crippen LogP contribution is -2.18. The van der Waals surface area contributed by atoms with E-state index in [0.717, 1.165) is 13.0 Å². The molecule has 0 amide bonds. The lowest BCUT2D eigenvalue weighted by Gasteiger charge is -2.13. The molecular weight excluding hydrogens is 245 g/mol. The van der Waals surface area contributed by atoms with Crippen molar-refractivity contribution in [3.05, 3.63) is 28.2 Å². The van der Waals surface area contributed by atoms with E-state index in [1.165, 1.54) is 0 Å². The van der Waals surface area contributed by atoms with Gasteiger partial charge in [-0.05, 0) is 38.1 Å². The monoisotopic (exact) mass is 261 g/mol. The van der Waals surface area contributed by atoms with E-state index in [4.69, 9.17) is 27.9 Å². The van der Waals surface area contributed by atoms with Gasteiger partial charge in [0.15, 0.2) is 5.75 Å². The fourth-order valence-corrected chi connectivity index (χ4v) is 1.94. The van der Waals surface area contributed by atoms with Crippen LogP contribution in [0.1, 0.15) is 13.3 Å². The molecule has 1 rings (SSSR count). The van der Waals surface area contributed by atoms with Crippen LogP contribution in [0.5, 0.6) is 5.75 Å². The van der Waals surface area contributed by atoms with Crippen molar-refractivity contribution in [3.8, 4) is 5.75 Å². The van der Waals surface area contributed by atoms with Gasteiger partial charge in [0.1, 0.15) is 0 Å². The second-order valence-electron chi connectivity index (χ2n) is 3.85. The van der Waals surface area contributed by atoms with Gasteiger partial charge in [0.25, 0.3) is 0 Å². The van der Waals surface area contributed by atoms with Crippen molar-refractivity contribution < 1.29 is 4.74 Å². The van der Waals surface area contributed by atoms with E-state index in [2.05, 4.69) is 12.2 Å². The molecule has 1 N–H and O–H groups in total. The molecule has 1 unspecified atom stereocenters. The summed E-state index contributed by atoms with van der Waals surface area (Å²) in [6.07, 6.45) is 0.975. The van der Waals surface area contributed by atoms with Gasteiger partial charge in [-0.2, -0.15) is 0 Å². The lowest BCUT2D eigenvalue weighted by molar-refractivity contribution is 0.282. The van der Waals surface area contributed by atoms with Gasteiger partial charge in [-0.3, -0.25) is 0 Å². The third-order valence-corrected chi connectivity index (χ3v) is 2.92. The molecule has 0 radical (unpaired) electrons. The molecule has 90 valence electrons. The Morgan fingerprint density at radius 3 is 2.50 bits per heavy atom. The van der Waals surface area contributed by atoms with Gasteiger partial charge in [-0.25, -0.2) is 0 Å². The highest BCUT2D eigenvalue weighted by molar-refractivity contribution is 6.37. The average molecular weight is 262 g/mol. The molecule has 0 aliphatic rings. The summed E-state index contributed by atoms with van der Waals surface area (Å²) in [5.41, 5.74) is 0. The summed E-state index contributed by atoms with van der Waals surface area (Å²) >= 11 is 12.0. The fraction of sp³-hybridized carbons (Fsp3) is 0.500. The van der Waals surface area contributed by atoms with E-state index in [0.29, 0.717) is 28.3 Å². The number of ether oxygens (including phenoxy) is 1. The number of para-hydroxylation sites is 1. The standard InChI is InChI=1S/C12H17Cl2NO/c1-9(8-15-2)6-7-16-12-10(13)4-3-5-11(12)14/h3-5,9,15H,6-8H2,1-2H3. The summed E-state index contributed by atoms with van der Waals surface area (Å²) in [4.78, 5) is 0. The molecular formula is C12H17Cl2NO. The van der Waals surface area contributed by atoms with Crippen LogP contribution in [0.25, 0.3) is 0 Å². The maximum atomic E-state index is 5.98. The molecule has 0 saturated carbocycles. The summed E-state index contributed by atoms with van der Waals surface area (Å²) in [6, 6.07) is 5.36. The SMILES string of the molecule is CNCC(C)CCOc1c(Cl)cccc1Cl. The molecule has 2 nitrogen and oxygen atoms in total. The largest absolute Gasteiger partial charge is 0.490 e. The molecule has 0 aliphatic carbocycles. The zero-order chi connectivity index (χ0) is 12.0. The molecule has 4 heteroatoms. The minimum atomic E-state index is 0.564. The van der Waals surface area contributed by atoms with Crippen LogP contribution in [0.15, 0.2) is 18.2 Å². The number of rotatable bonds is 6. The van der Waals surface area contributed by atoms with Crippen LogP contribution < -0.4 is 10.1 Å². The van der Waals surface area contributed by atoms with Crippen LogP contribution in [0.4, 0.5) is 0 Å². The highest BCUT2D eigenvalue weighted by atomic mass is 35.5. The molecule has 1 aromatic carbocycles. The Morgan fingerprint density at radius 2 is 1.94 bits per heavy atom. The minimum Gasteiger partial charge on any atom is -0.490 e. The Bertz CT molecular complexity index is 311. The van der Waals surface area contributed by atoms with Gasteiger partial charge in [0.2, 0.25) is 0 Å². The second kappa shape index (κ2) is 7.00. The first-order valence-corrected chi connectivity index (χ1v) is 6.12. The molecule has 16 heavy (non-hydrogen) atoms. The van der Waals surface area contributed by atoms with Gasteiger partial charge in [0.05, 0.1) is 16.7 Å². The zero-order valence-electron chi connectivity index (χ0n) is 9.59. The first kappa shape index (κ1) is 13.6. The van der Waals surface area contributed by atoms with Gasteiger partial charge in [-0.1, -0.05) is 36.2 Å². The van der Waals surface area contributed by atoms with Crippen LogP contribution in [-0.4, -0.2) is 20.2 Å². The first-order chi connectivity index (χ1) is 7.65. The smallest absolute Gasteiger partial charge is 0.156 e. The van der Waals surface area contributed by atoms with E-state index in [1.807, 2.05) is 7.05 Å². The lowest BCUT2D eigenvalue weighted by atomic mass is 10.1. The topological polar surface area (TPSA) is 21.3 Å². The Hall–Kier alpha value is -0.440. The van der Waals surface area contributed by atoms with Crippen molar-refractivity contribution in [2.45, 2.75) is 13.3 Å². The van der Waals surface area contributed by atoms with Crippen molar-refractivity contribution in [2.75, 3.05) is 20.2 Å². The molecule has 0 fully saturated rings. The Labute approximate surface area is 107 Å². The van der Waals surface area contributed by atoms with Gasteiger partial charge < -0.3 is 10.1 Å². The van der Waals surface area contributed by atoms with Crippen molar-refractivity contribution in [2.24, 2.45) is 5.92 Å². The van der Waals surface area contributed by atoms with Crippen molar-refractivity contribution >= 4 is 23.2 Å². The van der Waals surface area contributed by atoms with E-state index in [9.17, 15) is 0 Å². The summed E-state index contributed by atoms with van der Waals surface area (Å²) in [5, 5.41) is 4.26. The maximum absolute atomic E-state index is 5.98. The van der Waals surface area contributed by atoms with Crippen LogP contribution in [0, 0.1) is 5.92 Å². The van der Waals surface area contributed by atoms with Crippen molar-refractivity contribution in [1.82, 2.24) is 5.32 Å². The quantitative estimate of drug-likeness (QED) is 0.845. The molecule has 1 aromatic rings. The van der Waals surface area contributed by atoms with Crippen LogP contribution >= 0.6 is 23.2 Å². The summed E-state index contributed by atoms with van der Waals surface area (Å²) in [7, 11) is 1.95. The van der Waals surface area contributed by atoms with E-state index >= 15 is 0 Å². The van der Waals surface area contributed by atoms with Gasteiger partial charge >= 0.3 is 0 Å². The molecule has 1 atom stereocenters. The van der Waals surface area contributed by atoms with Gasteiger partial charge in [0, 0.05) is 0 Å². The molecule has 0 spiro atoms. The average Bonchev–Trinajstić information content (AvgIpc) is 2.23. The third-order valence-electron chi connectivity index (χ3n) is 2.33. The van der Waals surface area contributed by atoms with Crippen LogP contribution in [-0.2, 0) is 0 Å². The Balaban J connectivity index is 2.43. The van der Waals surface area contributed by atoms with Crippen molar-refractivity contribution in [1.29, 1.82) is 0 Å². The normalized spacial score (nSPS) is 12.5. The van der Waals surface area contributed by atoms with Gasteiger partial charge in [-0.15, -0.1) is 0 Å². The minimum absolute atomic E-state index is 0.564. The number of hydrogen-bond donors (Lipinski definition) is 1. The van der Waals surface area contributed by atoms with Crippen LogP contribution in [0.3, 0.4) is 0 Å². The number of halogens is 2. The molecule has 0 heterocycles. The third kappa shape index (κ3) is 4.20. The molecule has 0 saturated heterocycles. The van der Waals surface area contributed by atoms with E-state index < -0.39 is 0 Å². The highest BCUT2D eigenvalue weighted by Gasteiger charge is 2.07. The highest BCUT2D eigenvalue weighted by Crippen LogP contribution is 2.32. The molecule has 0 bridgehead atoms. The number of hydrogen-bond acceptors (Lipinski definition) is 2. The maximum Gasteiger partial charge on any atom is 0.156 e. The second-order valence-corrected chi connectivity index (χ2v) is 4.67. The fourth-order valence-electron chi connectivity index (χ4n) is 1.43. The number of nitrogens with one attached hydrogen (secondary N) is 1. The van der Waals surface area contributed by atoms with E-state index in [1.54, 1.807) is 18.2 Å². The zero-order valence-corrected chi connectivity index (χ0v) is 11.1. The number of benzene rings is 1. The molecule has 0 aliphatic heterocycles. The Morgan fingerprint density at radius 1 is 1.31 bits per heavy atom. The van der Waals surface area contributed by atoms with Crippen molar-refractivity contribution in [3.63, 3.8) is 0 Å². The summed E-state index contributed by atoms with van der Waals surface area (Å²) < 4.78 is 5.59. The first-order valence-electron chi connectivity index (χ1n) is 5.36. The van der Waals surface area contributed by atoms with E-state index in [-0.39, 0.29) is 0 Å². The molecule has 0 aromatic heterocycles. The van der Waals surface area contributed by atoms with Crippen LogP contribution in [0.2, 0.25) is 10.0 Å².